The average molecular weight is 241 g/mol. The van der Waals surface area contributed by atoms with Crippen LogP contribution in [0, 0.1) is 12.8 Å². The molecule has 2 aliphatic rings. The highest BCUT2D eigenvalue weighted by molar-refractivity contribution is 5.70. The molecule has 1 fully saturated rings. The van der Waals surface area contributed by atoms with Crippen molar-refractivity contribution in [2.75, 3.05) is 5.73 Å². The number of hydrogen-bond acceptors (Lipinski definition) is 4. The summed E-state index contributed by atoms with van der Waals surface area (Å²) in [4.78, 5) is 13.1. The van der Waals surface area contributed by atoms with E-state index in [0.29, 0.717) is 5.95 Å². The van der Waals surface area contributed by atoms with Crippen molar-refractivity contribution >= 4 is 5.95 Å². The Bertz CT molecular complexity index is 639. The molecule has 0 unspecified atom stereocenters. The van der Waals surface area contributed by atoms with Gasteiger partial charge in [0.15, 0.2) is 0 Å². The van der Waals surface area contributed by atoms with Gasteiger partial charge in [-0.3, -0.25) is 0 Å². The minimum Gasteiger partial charge on any atom is -0.368 e. The van der Waals surface area contributed by atoms with Gasteiger partial charge >= 0.3 is 0 Å². The van der Waals surface area contributed by atoms with Crippen molar-refractivity contribution in [3.63, 3.8) is 0 Å². The minimum atomic E-state index is 0.346. The minimum absolute atomic E-state index is 0.346. The van der Waals surface area contributed by atoms with Crippen molar-refractivity contribution in [2.45, 2.75) is 32.7 Å². The summed E-state index contributed by atoms with van der Waals surface area (Å²) in [6.45, 7) is 3.14. The molecule has 18 heavy (non-hydrogen) atoms. The van der Waals surface area contributed by atoms with Gasteiger partial charge in [-0.2, -0.15) is 0 Å². The highest BCUT2D eigenvalue weighted by Crippen LogP contribution is 2.38. The van der Waals surface area contributed by atoms with Crippen molar-refractivity contribution in [2.24, 2.45) is 5.92 Å². The van der Waals surface area contributed by atoms with Crippen molar-refractivity contribution in [3.05, 3.63) is 23.3 Å². The van der Waals surface area contributed by atoms with Crippen LogP contribution in [-0.4, -0.2) is 19.5 Å². The second kappa shape index (κ2) is 3.31. The summed E-state index contributed by atoms with van der Waals surface area (Å²) in [5.41, 5.74) is 10.1. The van der Waals surface area contributed by atoms with E-state index < -0.39 is 0 Å². The number of nitrogen functional groups attached to an aromatic ring is 1. The largest absolute Gasteiger partial charge is 0.368 e. The van der Waals surface area contributed by atoms with Gasteiger partial charge in [0, 0.05) is 24.7 Å². The number of anilines is 1. The van der Waals surface area contributed by atoms with Gasteiger partial charge in [-0.05, 0) is 25.7 Å². The number of fused-ring (bicyclic) bond motifs is 3. The average Bonchev–Trinajstić information content (AvgIpc) is 3.01. The molecule has 5 nitrogen and oxygen atoms in total. The smallest absolute Gasteiger partial charge is 0.220 e. The Hall–Kier alpha value is -1.91. The SMILES string of the molecule is Cc1nc2c(n1CC1CC1)-c1nc(N)ncc1C2. The van der Waals surface area contributed by atoms with E-state index in [2.05, 4.69) is 26.4 Å². The van der Waals surface area contributed by atoms with E-state index in [-0.39, 0.29) is 0 Å². The Labute approximate surface area is 105 Å². The zero-order chi connectivity index (χ0) is 12.3. The molecule has 0 spiro atoms. The number of imidazole rings is 1. The molecule has 0 amide bonds. The zero-order valence-electron chi connectivity index (χ0n) is 10.3. The summed E-state index contributed by atoms with van der Waals surface area (Å²) in [6, 6.07) is 0. The first-order valence-corrected chi connectivity index (χ1v) is 6.40. The van der Waals surface area contributed by atoms with Crippen molar-refractivity contribution < 1.29 is 0 Å². The van der Waals surface area contributed by atoms with Crippen LogP contribution in [0.15, 0.2) is 6.20 Å². The molecule has 0 aliphatic heterocycles. The Kier molecular flexibility index (Phi) is 1.85. The van der Waals surface area contributed by atoms with Crippen LogP contribution < -0.4 is 5.73 Å². The van der Waals surface area contributed by atoms with Gasteiger partial charge in [0.2, 0.25) is 5.95 Å². The summed E-state index contributed by atoms with van der Waals surface area (Å²) >= 11 is 0. The normalized spacial score (nSPS) is 16.7. The maximum atomic E-state index is 5.71. The Balaban J connectivity index is 1.88. The second-order valence-corrected chi connectivity index (χ2v) is 5.29. The molecular weight excluding hydrogens is 226 g/mol. The fourth-order valence-corrected chi connectivity index (χ4v) is 2.73. The molecule has 4 rings (SSSR count). The molecule has 2 aromatic rings. The van der Waals surface area contributed by atoms with E-state index in [0.717, 1.165) is 41.7 Å². The second-order valence-electron chi connectivity index (χ2n) is 5.29. The molecule has 0 bridgehead atoms. The molecule has 0 saturated heterocycles. The fourth-order valence-electron chi connectivity index (χ4n) is 2.73. The van der Waals surface area contributed by atoms with Gasteiger partial charge in [-0.1, -0.05) is 0 Å². The van der Waals surface area contributed by atoms with Crippen LogP contribution in [-0.2, 0) is 13.0 Å². The van der Waals surface area contributed by atoms with Gasteiger partial charge < -0.3 is 10.3 Å². The van der Waals surface area contributed by atoms with Crippen LogP contribution in [0.5, 0.6) is 0 Å². The van der Waals surface area contributed by atoms with E-state index in [9.17, 15) is 0 Å². The third-order valence-electron chi connectivity index (χ3n) is 3.83. The lowest BCUT2D eigenvalue weighted by molar-refractivity contribution is 0.614. The van der Waals surface area contributed by atoms with Gasteiger partial charge in [-0.15, -0.1) is 0 Å². The number of aromatic nitrogens is 4. The Morgan fingerprint density at radius 2 is 2.22 bits per heavy atom. The van der Waals surface area contributed by atoms with Gasteiger partial charge in [0.25, 0.3) is 0 Å². The molecule has 0 atom stereocenters. The first-order chi connectivity index (χ1) is 8.72. The summed E-state index contributed by atoms with van der Waals surface area (Å²) in [6.07, 6.45) is 5.34. The quantitative estimate of drug-likeness (QED) is 0.739. The van der Waals surface area contributed by atoms with Crippen molar-refractivity contribution in [1.82, 2.24) is 19.5 Å². The van der Waals surface area contributed by atoms with Crippen LogP contribution >= 0.6 is 0 Å². The van der Waals surface area contributed by atoms with Crippen LogP contribution in [0.25, 0.3) is 11.4 Å². The maximum Gasteiger partial charge on any atom is 0.220 e. The molecule has 0 radical (unpaired) electrons. The maximum absolute atomic E-state index is 5.71. The molecular formula is C13H15N5. The van der Waals surface area contributed by atoms with Gasteiger partial charge in [-0.25, -0.2) is 15.0 Å². The molecule has 2 aliphatic carbocycles. The van der Waals surface area contributed by atoms with Crippen molar-refractivity contribution in [3.8, 4) is 11.4 Å². The molecule has 2 heterocycles. The van der Waals surface area contributed by atoms with E-state index in [4.69, 9.17) is 5.73 Å². The predicted octanol–water partition coefficient (Wildman–Crippen LogP) is 1.54. The first-order valence-electron chi connectivity index (χ1n) is 6.40. The third-order valence-corrected chi connectivity index (χ3v) is 3.83. The molecule has 0 aromatic carbocycles. The van der Waals surface area contributed by atoms with Crippen LogP contribution in [0.3, 0.4) is 0 Å². The highest BCUT2D eigenvalue weighted by atomic mass is 15.1. The first kappa shape index (κ1) is 10.1. The van der Waals surface area contributed by atoms with E-state index >= 15 is 0 Å². The summed E-state index contributed by atoms with van der Waals surface area (Å²) in [5.74, 6) is 2.26. The van der Waals surface area contributed by atoms with E-state index in [1.54, 1.807) is 0 Å². The van der Waals surface area contributed by atoms with Crippen LogP contribution in [0.1, 0.15) is 29.9 Å². The standard InChI is InChI=1S/C13H15N5/c1-7-16-10-4-9-5-15-13(14)17-11(9)12(10)18(7)6-8-2-3-8/h5,8H,2-4,6H2,1H3,(H2,14,15,17). The third kappa shape index (κ3) is 1.36. The topological polar surface area (TPSA) is 69.6 Å². The lowest BCUT2D eigenvalue weighted by Gasteiger charge is -2.09. The summed E-state index contributed by atoms with van der Waals surface area (Å²) < 4.78 is 2.31. The van der Waals surface area contributed by atoms with Crippen LogP contribution in [0.2, 0.25) is 0 Å². The Morgan fingerprint density at radius 3 is 3.00 bits per heavy atom. The number of aryl methyl sites for hydroxylation is 1. The molecule has 2 aromatic heterocycles. The summed E-state index contributed by atoms with van der Waals surface area (Å²) in [7, 11) is 0. The lowest BCUT2D eigenvalue weighted by atomic mass is 10.2. The molecule has 1 saturated carbocycles. The number of rotatable bonds is 2. The van der Waals surface area contributed by atoms with E-state index in [1.165, 1.54) is 18.5 Å². The van der Waals surface area contributed by atoms with Gasteiger partial charge in [0.05, 0.1) is 17.1 Å². The van der Waals surface area contributed by atoms with Crippen LogP contribution in [0.4, 0.5) is 5.95 Å². The highest BCUT2D eigenvalue weighted by Gasteiger charge is 2.30. The molecule has 5 heteroatoms. The summed E-state index contributed by atoms with van der Waals surface area (Å²) in [5, 5.41) is 0. The van der Waals surface area contributed by atoms with Gasteiger partial charge in [0.1, 0.15) is 5.82 Å². The zero-order valence-corrected chi connectivity index (χ0v) is 10.3. The van der Waals surface area contributed by atoms with Crippen molar-refractivity contribution in [1.29, 1.82) is 0 Å². The lowest BCUT2D eigenvalue weighted by Crippen LogP contribution is -2.06. The predicted molar refractivity (Wildman–Crippen MR) is 67.9 cm³/mol. The monoisotopic (exact) mass is 241 g/mol. The number of nitrogens with two attached hydrogens (primary N) is 1. The fraction of sp³-hybridized carbons (Fsp3) is 0.462. The number of hydrogen-bond donors (Lipinski definition) is 1. The van der Waals surface area contributed by atoms with E-state index in [1.807, 2.05) is 6.20 Å². The molecule has 92 valence electrons. The Morgan fingerprint density at radius 1 is 1.39 bits per heavy atom. The number of nitrogens with zero attached hydrogens (tertiary/aromatic N) is 4. The molecule has 2 N–H and O–H groups in total.